The number of ether oxygens (including phenoxy) is 1. The molecule has 2 saturated carbocycles. The summed E-state index contributed by atoms with van der Waals surface area (Å²) in [5.74, 6) is 0.151. The Morgan fingerprint density at radius 2 is 1.88 bits per heavy atom. The lowest BCUT2D eigenvalue weighted by Gasteiger charge is -2.47. The average molecular weight is 348 g/mol. The summed E-state index contributed by atoms with van der Waals surface area (Å²) in [5.41, 5.74) is -1.32. The van der Waals surface area contributed by atoms with Gasteiger partial charge in [-0.15, -0.1) is 0 Å². The molecule has 0 amide bonds. The van der Waals surface area contributed by atoms with Gasteiger partial charge < -0.3 is 4.74 Å². The zero-order chi connectivity index (χ0) is 17.2. The van der Waals surface area contributed by atoms with Gasteiger partial charge in [-0.05, 0) is 57.6 Å². The summed E-state index contributed by atoms with van der Waals surface area (Å²) >= 11 is 0. The second-order valence-electron chi connectivity index (χ2n) is 8.19. The molecule has 1 heterocycles. The highest BCUT2D eigenvalue weighted by atomic mass is 32.2. The molecule has 1 aromatic rings. The van der Waals surface area contributed by atoms with Crippen molar-refractivity contribution in [1.29, 1.82) is 0 Å². The number of Topliss-reactive ketones (excluding diaryl/α,β-unsaturated/α-hetero) is 1. The molecular weight excluding hydrogens is 324 g/mol. The zero-order valence-electron chi connectivity index (χ0n) is 14.2. The van der Waals surface area contributed by atoms with E-state index >= 15 is 0 Å². The second-order valence-corrected chi connectivity index (χ2v) is 10.2. The van der Waals surface area contributed by atoms with E-state index in [1.165, 1.54) is 0 Å². The van der Waals surface area contributed by atoms with E-state index in [0.29, 0.717) is 17.7 Å². The molecule has 1 saturated heterocycles. The summed E-state index contributed by atoms with van der Waals surface area (Å²) in [4.78, 5) is 13.3. The minimum Gasteiger partial charge on any atom is -0.363 e. The number of benzene rings is 1. The Bertz CT molecular complexity index is 787. The van der Waals surface area contributed by atoms with Crippen molar-refractivity contribution in [2.45, 2.75) is 62.0 Å². The van der Waals surface area contributed by atoms with Crippen molar-refractivity contribution in [1.82, 2.24) is 0 Å². The summed E-state index contributed by atoms with van der Waals surface area (Å²) in [6.45, 7) is 4.13. The Labute approximate surface area is 143 Å². The SMILES string of the molecule is C[C@@]12C[C@H]3CCCC(=O)[C@]3(CS(=O)(=O)c3ccccc3)C[C@]1(C)O2. The van der Waals surface area contributed by atoms with Crippen molar-refractivity contribution in [2.24, 2.45) is 11.3 Å². The molecule has 3 aliphatic rings. The van der Waals surface area contributed by atoms with Crippen molar-refractivity contribution < 1.29 is 17.9 Å². The van der Waals surface area contributed by atoms with E-state index < -0.39 is 15.3 Å². The predicted octanol–water partition coefficient (Wildman–Crippen LogP) is 3.16. The monoisotopic (exact) mass is 348 g/mol. The molecule has 4 rings (SSSR count). The lowest BCUT2D eigenvalue weighted by molar-refractivity contribution is -0.136. The second kappa shape index (κ2) is 4.92. The molecule has 0 radical (unpaired) electrons. The zero-order valence-corrected chi connectivity index (χ0v) is 15.1. The molecular formula is C19H24O4S. The van der Waals surface area contributed by atoms with Gasteiger partial charge in [0.05, 0.1) is 21.9 Å². The van der Waals surface area contributed by atoms with E-state index in [0.717, 1.165) is 19.3 Å². The normalized spacial score (nSPS) is 41.4. The smallest absolute Gasteiger partial charge is 0.179 e. The first kappa shape index (κ1) is 16.3. The maximum Gasteiger partial charge on any atom is 0.179 e. The number of hydrogen-bond donors (Lipinski definition) is 0. The summed E-state index contributed by atoms with van der Waals surface area (Å²) in [5, 5.41) is 0. The van der Waals surface area contributed by atoms with Gasteiger partial charge >= 0.3 is 0 Å². The quantitative estimate of drug-likeness (QED) is 0.787. The van der Waals surface area contributed by atoms with Crippen LogP contribution in [0.4, 0.5) is 0 Å². The number of sulfone groups is 1. The van der Waals surface area contributed by atoms with Crippen LogP contribution in [0.25, 0.3) is 0 Å². The Kier molecular flexibility index (Phi) is 3.33. The standard InChI is InChI=1S/C19H24O4S/c1-17-11-14-7-6-10-16(20)19(14,12-18(17,2)23-17)13-24(21,22)15-8-4-3-5-9-15/h3-5,8-9,14H,6-7,10-13H2,1-2H3/t14-,17-,18+,19+/m1/s1. The fraction of sp³-hybridized carbons (Fsp3) is 0.632. The number of epoxide rings is 1. The lowest BCUT2D eigenvalue weighted by atomic mass is 9.55. The highest BCUT2D eigenvalue weighted by Crippen LogP contribution is 2.66. The van der Waals surface area contributed by atoms with Crippen LogP contribution in [0.3, 0.4) is 0 Å². The maximum absolute atomic E-state index is 13.0. The molecule has 5 heteroatoms. The molecule has 0 N–H and O–H groups in total. The summed E-state index contributed by atoms with van der Waals surface area (Å²) < 4.78 is 32.0. The van der Waals surface area contributed by atoms with E-state index in [1.54, 1.807) is 30.3 Å². The van der Waals surface area contributed by atoms with Crippen LogP contribution < -0.4 is 0 Å². The van der Waals surface area contributed by atoms with Crippen LogP contribution in [0.1, 0.15) is 46.0 Å². The molecule has 3 fully saturated rings. The molecule has 24 heavy (non-hydrogen) atoms. The van der Waals surface area contributed by atoms with Gasteiger partial charge in [-0.1, -0.05) is 18.2 Å². The van der Waals surface area contributed by atoms with Crippen LogP contribution in [0.15, 0.2) is 35.2 Å². The van der Waals surface area contributed by atoms with Gasteiger partial charge in [-0.25, -0.2) is 8.42 Å². The largest absolute Gasteiger partial charge is 0.363 e. The first-order valence-electron chi connectivity index (χ1n) is 8.72. The van der Waals surface area contributed by atoms with Gasteiger partial charge in [-0.3, -0.25) is 4.79 Å². The fourth-order valence-corrected chi connectivity index (χ4v) is 7.04. The Hall–Kier alpha value is -1.20. The van der Waals surface area contributed by atoms with Crippen LogP contribution in [0.2, 0.25) is 0 Å². The minimum absolute atomic E-state index is 0.0808. The average Bonchev–Trinajstić information content (AvgIpc) is 3.07. The highest BCUT2D eigenvalue weighted by Gasteiger charge is 2.73. The van der Waals surface area contributed by atoms with Crippen LogP contribution in [0, 0.1) is 11.3 Å². The van der Waals surface area contributed by atoms with E-state index in [2.05, 4.69) is 6.92 Å². The molecule has 0 bridgehead atoms. The van der Waals surface area contributed by atoms with Gasteiger partial charge in [-0.2, -0.15) is 0 Å². The topological polar surface area (TPSA) is 63.7 Å². The third-order valence-electron chi connectivity index (χ3n) is 6.66. The van der Waals surface area contributed by atoms with Crippen LogP contribution in [-0.2, 0) is 19.4 Å². The predicted molar refractivity (Wildman–Crippen MR) is 90.4 cm³/mol. The van der Waals surface area contributed by atoms with Crippen LogP contribution in [0.5, 0.6) is 0 Å². The highest BCUT2D eigenvalue weighted by molar-refractivity contribution is 7.91. The molecule has 0 aromatic heterocycles. The van der Waals surface area contributed by atoms with E-state index in [-0.39, 0.29) is 28.7 Å². The van der Waals surface area contributed by atoms with Crippen LogP contribution >= 0.6 is 0 Å². The molecule has 1 aliphatic heterocycles. The van der Waals surface area contributed by atoms with E-state index in [4.69, 9.17) is 4.74 Å². The number of carbonyl (C=O) groups excluding carboxylic acids is 1. The van der Waals surface area contributed by atoms with Crippen molar-refractivity contribution in [3.63, 3.8) is 0 Å². The Balaban J connectivity index is 1.74. The summed E-state index contributed by atoms with van der Waals surface area (Å²) in [6.07, 6.45) is 3.60. The number of fused-ring (bicyclic) bond motifs is 2. The third kappa shape index (κ3) is 2.21. The van der Waals surface area contributed by atoms with Crippen LogP contribution in [-0.4, -0.2) is 31.2 Å². The lowest BCUT2D eigenvalue weighted by Crippen LogP contribution is -2.54. The maximum atomic E-state index is 13.0. The number of hydrogen-bond acceptors (Lipinski definition) is 4. The fourth-order valence-electron chi connectivity index (χ4n) is 5.13. The molecule has 2 aliphatic carbocycles. The molecule has 0 unspecified atom stereocenters. The summed E-state index contributed by atoms with van der Waals surface area (Å²) in [6, 6.07) is 8.51. The molecule has 130 valence electrons. The van der Waals surface area contributed by atoms with Gasteiger partial charge in [0, 0.05) is 11.8 Å². The van der Waals surface area contributed by atoms with Crippen molar-refractivity contribution in [2.75, 3.05) is 5.75 Å². The summed E-state index contributed by atoms with van der Waals surface area (Å²) in [7, 11) is -3.50. The molecule has 4 nitrogen and oxygen atoms in total. The first-order valence-corrected chi connectivity index (χ1v) is 10.4. The van der Waals surface area contributed by atoms with Gasteiger partial charge in [0.15, 0.2) is 9.84 Å². The molecule has 0 spiro atoms. The Morgan fingerprint density at radius 1 is 1.17 bits per heavy atom. The van der Waals surface area contributed by atoms with Crippen molar-refractivity contribution in [3.8, 4) is 0 Å². The number of rotatable bonds is 3. The van der Waals surface area contributed by atoms with E-state index in [9.17, 15) is 13.2 Å². The van der Waals surface area contributed by atoms with Crippen molar-refractivity contribution >= 4 is 15.6 Å². The van der Waals surface area contributed by atoms with Crippen molar-refractivity contribution in [3.05, 3.63) is 30.3 Å². The van der Waals surface area contributed by atoms with Gasteiger partial charge in [0.2, 0.25) is 0 Å². The van der Waals surface area contributed by atoms with Gasteiger partial charge in [0.1, 0.15) is 5.78 Å². The minimum atomic E-state index is -3.50. The number of ketones is 1. The molecule has 1 aromatic carbocycles. The Morgan fingerprint density at radius 3 is 2.58 bits per heavy atom. The van der Waals surface area contributed by atoms with Gasteiger partial charge in [0.25, 0.3) is 0 Å². The van der Waals surface area contributed by atoms with E-state index in [1.807, 2.05) is 6.92 Å². The third-order valence-corrected chi connectivity index (χ3v) is 8.54. The number of carbonyl (C=O) groups is 1. The molecule has 4 atom stereocenters. The first-order chi connectivity index (χ1) is 11.2.